The first-order valence-corrected chi connectivity index (χ1v) is 6.10. The number of hydrogen-bond acceptors (Lipinski definition) is 5. The van der Waals surface area contributed by atoms with E-state index >= 15 is 0 Å². The second kappa shape index (κ2) is 6.85. The summed E-state index contributed by atoms with van der Waals surface area (Å²) in [6.45, 7) is 4.20. The van der Waals surface area contributed by atoms with Gasteiger partial charge in [0.1, 0.15) is 4.88 Å². The second-order valence-corrected chi connectivity index (χ2v) is 4.12. The maximum atomic E-state index is 11.4. The summed E-state index contributed by atoms with van der Waals surface area (Å²) in [7, 11) is 0. The fourth-order valence-corrected chi connectivity index (χ4v) is 1.90. The number of carbonyl (C=O) groups is 2. The van der Waals surface area contributed by atoms with Crippen molar-refractivity contribution in [3.8, 4) is 0 Å². The number of carbonyl (C=O) groups excluding carboxylic acids is 2. The van der Waals surface area contributed by atoms with Gasteiger partial charge in [-0.2, -0.15) is 0 Å². The zero-order chi connectivity index (χ0) is 12.7. The van der Waals surface area contributed by atoms with Crippen LogP contribution in [0.4, 0.5) is 0 Å². The molecule has 0 aromatic carbocycles. The van der Waals surface area contributed by atoms with Crippen LogP contribution in [0.25, 0.3) is 6.08 Å². The monoisotopic (exact) mass is 254 g/mol. The first kappa shape index (κ1) is 13.4. The highest BCUT2D eigenvalue weighted by Gasteiger charge is 2.08. The van der Waals surface area contributed by atoms with Crippen LogP contribution in [-0.2, 0) is 14.3 Å². The van der Waals surface area contributed by atoms with Crippen LogP contribution in [0.2, 0.25) is 0 Å². The van der Waals surface area contributed by atoms with Gasteiger partial charge >= 0.3 is 11.9 Å². The van der Waals surface area contributed by atoms with Crippen molar-refractivity contribution in [3.63, 3.8) is 0 Å². The van der Waals surface area contributed by atoms with Gasteiger partial charge in [-0.25, -0.2) is 9.59 Å². The molecule has 0 bridgehead atoms. The van der Waals surface area contributed by atoms with E-state index in [1.165, 1.54) is 17.4 Å². The Hall–Kier alpha value is -1.62. The highest BCUT2D eigenvalue weighted by Crippen LogP contribution is 2.18. The average molecular weight is 254 g/mol. The maximum absolute atomic E-state index is 11.4. The third-order valence-corrected chi connectivity index (χ3v) is 2.80. The SMILES string of the molecule is CCOC(=O)C=Cc1ccc(C(=O)OCC)s1. The maximum Gasteiger partial charge on any atom is 0.348 e. The van der Waals surface area contributed by atoms with Gasteiger partial charge in [-0.05, 0) is 32.1 Å². The number of esters is 2. The van der Waals surface area contributed by atoms with Gasteiger partial charge in [0.05, 0.1) is 13.2 Å². The molecule has 5 heteroatoms. The molecule has 4 nitrogen and oxygen atoms in total. The van der Waals surface area contributed by atoms with Gasteiger partial charge in [0, 0.05) is 11.0 Å². The Morgan fingerprint density at radius 2 is 1.94 bits per heavy atom. The lowest BCUT2D eigenvalue weighted by molar-refractivity contribution is -0.137. The molecule has 0 aliphatic carbocycles. The van der Waals surface area contributed by atoms with Crippen LogP contribution >= 0.6 is 11.3 Å². The fraction of sp³-hybridized carbons (Fsp3) is 0.333. The minimum absolute atomic E-state index is 0.340. The number of thiophene rings is 1. The molecule has 0 fully saturated rings. The molecule has 1 aromatic rings. The van der Waals surface area contributed by atoms with E-state index in [9.17, 15) is 9.59 Å². The molecule has 1 rings (SSSR count). The third kappa shape index (κ3) is 4.40. The first-order valence-electron chi connectivity index (χ1n) is 5.29. The number of ether oxygens (including phenoxy) is 2. The molecule has 1 heterocycles. The summed E-state index contributed by atoms with van der Waals surface area (Å²) in [6.07, 6.45) is 2.95. The van der Waals surface area contributed by atoms with Crippen molar-refractivity contribution in [2.24, 2.45) is 0 Å². The van der Waals surface area contributed by atoms with Crippen molar-refractivity contribution < 1.29 is 19.1 Å². The Balaban J connectivity index is 2.62. The van der Waals surface area contributed by atoms with Gasteiger partial charge in [0.25, 0.3) is 0 Å². The van der Waals surface area contributed by atoms with Crippen LogP contribution in [0.1, 0.15) is 28.4 Å². The van der Waals surface area contributed by atoms with E-state index in [0.717, 1.165) is 4.88 Å². The predicted molar refractivity (Wildman–Crippen MR) is 65.9 cm³/mol. The van der Waals surface area contributed by atoms with Crippen LogP contribution in [0.15, 0.2) is 18.2 Å². The van der Waals surface area contributed by atoms with Crippen molar-refractivity contribution in [1.29, 1.82) is 0 Å². The Bertz CT molecular complexity index is 420. The highest BCUT2D eigenvalue weighted by atomic mass is 32.1. The Morgan fingerprint density at radius 1 is 1.24 bits per heavy atom. The molecular weight excluding hydrogens is 240 g/mol. The van der Waals surface area contributed by atoms with E-state index in [4.69, 9.17) is 9.47 Å². The van der Waals surface area contributed by atoms with Crippen LogP contribution in [-0.4, -0.2) is 25.2 Å². The predicted octanol–water partition coefficient (Wildman–Crippen LogP) is 2.50. The summed E-state index contributed by atoms with van der Waals surface area (Å²) in [5.41, 5.74) is 0. The number of hydrogen-bond donors (Lipinski definition) is 0. The molecule has 0 aliphatic rings. The van der Waals surface area contributed by atoms with Crippen LogP contribution in [0, 0.1) is 0 Å². The van der Waals surface area contributed by atoms with E-state index in [0.29, 0.717) is 18.1 Å². The lowest BCUT2D eigenvalue weighted by Gasteiger charge is -1.96. The van der Waals surface area contributed by atoms with E-state index in [2.05, 4.69) is 0 Å². The molecule has 0 amide bonds. The van der Waals surface area contributed by atoms with Gasteiger partial charge < -0.3 is 9.47 Å². The molecule has 17 heavy (non-hydrogen) atoms. The summed E-state index contributed by atoms with van der Waals surface area (Å²) in [5.74, 6) is -0.730. The smallest absolute Gasteiger partial charge is 0.348 e. The lowest BCUT2D eigenvalue weighted by atomic mass is 10.4. The molecule has 0 N–H and O–H groups in total. The summed E-state index contributed by atoms with van der Waals surface area (Å²) in [4.78, 5) is 23.8. The van der Waals surface area contributed by atoms with Gasteiger partial charge in [-0.15, -0.1) is 11.3 Å². The molecule has 0 unspecified atom stereocenters. The van der Waals surface area contributed by atoms with Crippen molar-refractivity contribution in [3.05, 3.63) is 28.0 Å². The third-order valence-electron chi connectivity index (χ3n) is 1.77. The zero-order valence-corrected chi connectivity index (χ0v) is 10.6. The van der Waals surface area contributed by atoms with Gasteiger partial charge in [-0.3, -0.25) is 0 Å². The first-order chi connectivity index (χ1) is 8.17. The molecule has 1 aromatic heterocycles. The number of rotatable bonds is 5. The Labute approximate surface area is 104 Å². The Kier molecular flexibility index (Phi) is 5.42. The molecule has 0 saturated carbocycles. The minimum atomic E-state index is -0.390. The molecule has 0 atom stereocenters. The van der Waals surface area contributed by atoms with Crippen LogP contribution in [0.3, 0.4) is 0 Å². The average Bonchev–Trinajstić information content (AvgIpc) is 2.76. The van der Waals surface area contributed by atoms with Crippen molar-refractivity contribution in [1.82, 2.24) is 0 Å². The normalized spacial score (nSPS) is 10.5. The second-order valence-electron chi connectivity index (χ2n) is 3.01. The summed E-state index contributed by atoms with van der Waals surface area (Å²) < 4.78 is 9.60. The van der Waals surface area contributed by atoms with E-state index in [-0.39, 0.29) is 5.97 Å². The molecule has 0 radical (unpaired) electrons. The van der Waals surface area contributed by atoms with Crippen LogP contribution < -0.4 is 0 Å². The van der Waals surface area contributed by atoms with E-state index in [1.54, 1.807) is 32.1 Å². The van der Waals surface area contributed by atoms with Gasteiger partial charge in [0.2, 0.25) is 0 Å². The largest absolute Gasteiger partial charge is 0.463 e. The standard InChI is InChI=1S/C12H14O4S/c1-3-15-11(13)8-6-9-5-7-10(17-9)12(14)16-4-2/h5-8H,3-4H2,1-2H3. The van der Waals surface area contributed by atoms with Crippen molar-refractivity contribution in [2.45, 2.75) is 13.8 Å². The molecule has 92 valence electrons. The lowest BCUT2D eigenvalue weighted by Crippen LogP contribution is -2.01. The molecule has 0 spiro atoms. The van der Waals surface area contributed by atoms with Gasteiger partial charge in [-0.1, -0.05) is 0 Å². The van der Waals surface area contributed by atoms with Gasteiger partial charge in [0.15, 0.2) is 0 Å². The highest BCUT2D eigenvalue weighted by molar-refractivity contribution is 7.14. The van der Waals surface area contributed by atoms with E-state index in [1.807, 2.05) is 0 Å². The topological polar surface area (TPSA) is 52.6 Å². The van der Waals surface area contributed by atoms with Crippen LogP contribution in [0.5, 0.6) is 0 Å². The summed E-state index contributed by atoms with van der Waals surface area (Å²) >= 11 is 1.27. The minimum Gasteiger partial charge on any atom is -0.463 e. The quantitative estimate of drug-likeness (QED) is 0.598. The van der Waals surface area contributed by atoms with Crippen molar-refractivity contribution in [2.75, 3.05) is 13.2 Å². The molecular formula is C12H14O4S. The van der Waals surface area contributed by atoms with E-state index < -0.39 is 5.97 Å². The van der Waals surface area contributed by atoms with Crippen molar-refractivity contribution >= 4 is 29.4 Å². The molecule has 0 saturated heterocycles. The summed E-state index contributed by atoms with van der Waals surface area (Å²) in [5, 5.41) is 0. The zero-order valence-electron chi connectivity index (χ0n) is 9.76. The Morgan fingerprint density at radius 3 is 2.59 bits per heavy atom. The molecule has 0 aliphatic heterocycles. The summed E-state index contributed by atoms with van der Waals surface area (Å²) in [6, 6.07) is 3.43. The fourth-order valence-electron chi connectivity index (χ4n) is 1.09.